The van der Waals surface area contributed by atoms with Crippen molar-refractivity contribution >= 4 is 23.2 Å². The predicted octanol–water partition coefficient (Wildman–Crippen LogP) is 5.60. The molecular weight excluding hydrogens is 412 g/mol. The van der Waals surface area contributed by atoms with Crippen molar-refractivity contribution in [3.63, 3.8) is 0 Å². The first-order valence-electron chi connectivity index (χ1n) is 10.9. The van der Waals surface area contributed by atoms with E-state index in [1.807, 2.05) is 60.7 Å². The number of Topliss-reactive ketones (excluding diaryl/α,β-unsaturated/α-hetero) is 1. The molecule has 3 aromatic rings. The molecule has 0 amide bonds. The van der Waals surface area contributed by atoms with Gasteiger partial charge in [0.05, 0.1) is 13.5 Å². The number of fused-ring (bicyclic) bond motifs is 3. The van der Waals surface area contributed by atoms with Gasteiger partial charge in [-0.25, -0.2) is 4.79 Å². The normalized spacial score (nSPS) is 12.7. The van der Waals surface area contributed by atoms with Gasteiger partial charge >= 0.3 is 5.97 Å². The van der Waals surface area contributed by atoms with Crippen LogP contribution in [0.1, 0.15) is 54.2 Å². The van der Waals surface area contributed by atoms with E-state index in [4.69, 9.17) is 4.74 Å². The van der Waals surface area contributed by atoms with Crippen molar-refractivity contribution in [2.75, 3.05) is 7.11 Å². The predicted molar refractivity (Wildman–Crippen MR) is 131 cm³/mol. The van der Waals surface area contributed by atoms with Crippen LogP contribution in [0.5, 0.6) is 0 Å². The molecule has 4 rings (SSSR count). The molecule has 0 atom stereocenters. The Bertz CT molecular complexity index is 1230. The van der Waals surface area contributed by atoms with E-state index >= 15 is 0 Å². The first-order valence-corrected chi connectivity index (χ1v) is 10.9. The number of rotatable bonds is 5. The number of carbonyl (C=O) groups excluding carboxylic acids is 2. The summed E-state index contributed by atoms with van der Waals surface area (Å²) in [7, 11) is 1.27. The molecule has 33 heavy (non-hydrogen) atoms. The molecule has 0 aliphatic heterocycles. The summed E-state index contributed by atoms with van der Waals surface area (Å²) in [5.41, 5.74) is 6.29. The average molecular weight is 439 g/mol. The summed E-state index contributed by atoms with van der Waals surface area (Å²) in [5.74, 6) is -0.884. The van der Waals surface area contributed by atoms with Crippen LogP contribution >= 0.6 is 0 Å². The van der Waals surface area contributed by atoms with Crippen LogP contribution in [0, 0.1) is 0 Å². The van der Waals surface area contributed by atoms with Gasteiger partial charge in [0.15, 0.2) is 11.5 Å². The van der Waals surface area contributed by atoms with Crippen LogP contribution in [0.3, 0.4) is 0 Å². The third-order valence-corrected chi connectivity index (χ3v) is 5.75. The van der Waals surface area contributed by atoms with Gasteiger partial charge in [-0.05, 0) is 22.1 Å². The minimum atomic E-state index is -0.668. The summed E-state index contributed by atoms with van der Waals surface area (Å²) in [4.78, 5) is 25.3. The number of ketones is 1. The van der Waals surface area contributed by atoms with Gasteiger partial charge in [-0.3, -0.25) is 4.79 Å². The molecule has 0 heterocycles. The molecule has 0 N–H and O–H groups in total. The monoisotopic (exact) mass is 438 g/mol. The first kappa shape index (κ1) is 22.3. The van der Waals surface area contributed by atoms with Gasteiger partial charge in [0.25, 0.3) is 0 Å². The standard InChI is InChI=1S/C28H26N2O3/c1-28(2,3)19-15-13-18(14-16-19)25(31)17-24(27(32)33-4)29-30-26-22-11-7-5-9-20(22)21-10-6-8-12-23(21)26/h5-16H,17H2,1-4H3. The van der Waals surface area contributed by atoms with E-state index < -0.39 is 5.97 Å². The fourth-order valence-electron chi connectivity index (χ4n) is 3.89. The lowest BCUT2D eigenvalue weighted by molar-refractivity contribution is -0.132. The number of esters is 1. The van der Waals surface area contributed by atoms with Crippen molar-refractivity contribution in [2.24, 2.45) is 10.2 Å². The molecule has 0 spiro atoms. The topological polar surface area (TPSA) is 68.1 Å². The van der Waals surface area contributed by atoms with E-state index in [0.29, 0.717) is 11.3 Å². The summed E-state index contributed by atoms with van der Waals surface area (Å²) < 4.78 is 4.88. The zero-order valence-electron chi connectivity index (χ0n) is 19.3. The van der Waals surface area contributed by atoms with Crippen LogP contribution in [0.2, 0.25) is 0 Å². The molecule has 1 aliphatic carbocycles. The van der Waals surface area contributed by atoms with Crippen LogP contribution in [0.15, 0.2) is 83.0 Å². The second-order valence-electron chi connectivity index (χ2n) is 9.01. The Labute approximate surface area is 193 Å². The highest BCUT2D eigenvalue weighted by molar-refractivity contribution is 6.40. The number of hydrogen-bond donors (Lipinski definition) is 0. The zero-order chi connectivity index (χ0) is 23.6. The molecule has 0 aromatic heterocycles. The van der Waals surface area contributed by atoms with Gasteiger partial charge in [-0.2, -0.15) is 0 Å². The average Bonchev–Trinajstić information content (AvgIpc) is 3.14. The third kappa shape index (κ3) is 4.53. The lowest BCUT2D eigenvalue weighted by Crippen LogP contribution is -2.20. The number of nitrogens with zero attached hydrogens (tertiary/aromatic N) is 2. The maximum atomic E-state index is 12.9. The van der Waals surface area contributed by atoms with Gasteiger partial charge in [0.1, 0.15) is 5.71 Å². The Morgan fingerprint density at radius 3 is 1.79 bits per heavy atom. The number of methoxy groups -OCH3 is 1. The minimum absolute atomic E-state index is 0.00974. The summed E-state index contributed by atoms with van der Waals surface area (Å²) >= 11 is 0. The maximum absolute atomic E-state index is 12.9. The second-order valence-corrected chi connectivity index (χ2v) is 9.01. The summed E-state index contributed by atoms with van der Waals surface area (Å²) in [6, 6.07) is 23.3. The molecule has 0 bridgehead atoms. The SMILES string of the molecule is COC(=O)C(CC(=O)c1ccc(C(C)(C)C)cc1)=NN=C1c2ccccc2-c2ccccc21. The van der Waals surface area contributed by atoms with Crippen LogP contribution in [0.25, 0.3) is 11.1 Å². The quantitative estimate of drug-likeness (QED) is 0.176. The van der Waals surface area contributed by atoms with Crippen molar-refractivity contribution in [1.29, 1.82) is 0 Å². The van der Waals surface area contributed by atoms with E-state index in [9.17, 15) is 9.59 Å². The van der Waals surface area contributed by atoms with Crippen molar-refractivity contribution in [2.45, 2.75) is 32.6 Å². The fraction of sp³-hybridized carbons (Fsp3) is 0.214. The molecule has 0 unspecified atom stereocenters. The summed E-state index contributed by atoms with van der Waals surface area (Å²) in [6.07, 6.45) is -0.193. The van der Waals surface area contributed by atoms with Crippen LogP contribution in [-0.4, -0.2) is 30.3 Å². The first-order chi connectivity index (χ1) is 15.8. The Balaban J connectivity index is 1.66. The van der Waals surface area contributed by atoms with Gasteiger partial charge < -0.3 is 4.74 Å². The molecule has 1 aliphatic rings. The van der Waals surface area contributed by atoms with Crippen molar-refractivity contribution < 1.29 is 14.3 Å². The third-order valence-electron chi connectivity index (χ3n) is 5.75. The smallest absolute Gasteiger partial charge is 0.354 e. The molecule has 0 radical (unpaired) electrons. The molecular formula is C28H26N2O3. The summed E-state index contributed by atoms with van der Waals surface area (Å²) in [6.45, 7) is 6.35. The van der Waals surface area contributed by atoms with Gasteiger partial charge in [0, 0.05) is 16.7 Å². The molecule has 0 saturated carbocycles. The Kier molecular flexibility index (Phi) is 6.05. The van der Waals surface area contributed by atoms with E-state index in [1.165, 1.54) is 7.11 Å². The van der Waals surface area contributed by atoms with Gasteiger partial charge in [-0.15, -0.1) is 10.2 Å². The molecule has 3 aromatic carbocycles. The molecule has 166 valence electrons. The minimum Gasteiger partial charge on any atom is -0.464 e. The molecule has 0 fully saturated rings. The van der Waals surface area contributed by atoms with E-state index in [0.717, 1.165) is 27.8 Å². The van der Waals surface area contributed by atoms with Crippen molar-refractivity contribution in [3.05, 3.63) is 95.1 Å². The highest BCUT2D eigenvalue weighted by Gasteiger charge is 2.25. The second kappa shape index (κ2) is 8.94. The summed E-state index contributed by atoms with van der Waals surface area (Å²) in [5, 5.41) is 8.63. The Hall–Kier alpha value is -3.86. The van der Waals surface area contributed by atoms with Crippen LogP contribution in [-0.2, 0) is 14.9 Å². The van der Waals surface area contributed by atoms with E-state index in [2.05, 4.69) is 31.0 Å². The lowest BCUT2D eigenvalue weighted by atomic mass is 9.86. The molecule has 5 nitrogen and oxygen atoms in total. The number of ether oxygens (including phenoxy) is 1. The number of benzene rings is 3. The highest BCUT2D eigenvalue weighted by Crippen LogP contribution is 2.36. The Morgan fingerprint density at radius 1 is 0.788 bits per heavy atom. The van der Waals surface area contributed by atoms with Gasteiger partial charge in [0.2, 0.25) is 0 Å². The zero-order valence-corrected chi connectivity index (χ0v) is 19.3. The maximum Gasteiger partial charge on any atom is 0.354 e. The van der Waals surface area contributed by atoms with Crippen molar-refractivity contribution in [1.82, 2.24) is 0 Å². The largest absolute Gasteiger partial charge is 0.464 e. The number of carbonyl (C=O) groups is 2. The van der Waals surface area contributed by atoms with Crippen LogP contribution in [0.4, 0.5) is 0 Å². The Morgan fingerprint density at radius 2 is 1.30 bits per heavy atom. The number of hydrogen-bond acceptors (Lipinski definition) is 5. The van der Waals surface area contributed by atoms with Crippen molar-refractivity contribution in [3.8, 4) is 11.1 Å². The molecule has 5 heteroatoms. The van der Waals surface area contributed by atoms with E-state index in [1.54, 1.807) is 12.1 Å². The molecule has 0 saturated heterocycles. The van der Waals surface area contributed by atoms with Crippen LogP contribution < -0.4 is 0 Å². The lowest BCUT2D eigenvalue weighted by Gasteiger charge is -2.18. The van der Waals surface area contributed by atoms with E-state index in [-0.39, 0.29) is 23.3 Å². The highest BCUT2D eigenvalue weighted by atomic mass is 16.5. The fourth-order valence-corrected chi connectivity index (χ4v) is 3.89. The van der Waals surface area contributed by atoms with Gasteiger partial charge in [-0.1, -0.05) is 93.6 Å².